The molecular weight excluding hydrogens is 256 g/mol. The summed E-state index contributed by atoms with van der Waals surface area (Å²) in [6, 6.07) is 0. The van der Waals surface area contributed by atoms with Crippen molar-refractivity contribution in [1.82, 2.24) is 5.32 Å². The summed E-state index contributed by atoms with van der Waals surface area (Å²) in [4.78, 5) is 0. The van der Waals surface area contributed by atoms with E-state index in [2.05, 4.69) is 5.32 Å². The van der Waals surface area contributed by atoms with E-state index in [1.807, 2.05) is 0 Å². The minimum Gasteiger partial charge on any atom is -0.308 e. The number of halogens is 6. The Morgan fingerprint density at radius 3 is 2.12 bits per heavy atom. The largest absolute Gasteiger partial charge is 0.441 e. The van der Waals surface area contributed by atoms with E-state index in [9.17, 15) is 26.3 Å². The lowest BCUT2D eigenvalue weighted by molar-refractivity contribution is -0.125. The van der Waals surface area contributed by atoms with Crippen molar-refractivity contribution in [3.63, 3.8) is 0 Å². The van der Waals surface area contributed by atoms with Crippen LogP contribution >= 0.6 is 11.8 Å². The Morgan fingerprint density at radius 1 is 1.12 bits per heavy atom. The van der Waals surface area contributed by atoms with Crippen LogP contribution in [0.1, 0.15) is 13.3 Å². The maximum atomic E-state index is 11.7. The van der Waals surface area contributed by atoms with Crippen LogP contribution in [0.5, 0.6) is 0 Å². The predicted molar refractivity (Wildman–Crippen MR) is 51.2 cm³/mol. The lowest BCUT2D eigenvalue weighted by Crippen LogP contribution is -2.32. The van der Waals surface area contributed by atoms with Gasteiger partial charge >= 0.3 is 11.7 Å². The van der Waals surface area contributed by atoms with E-state index in [0.717, 1.165) is 0 Å². The van der Waals surface area contributed by atoms with Gasteiger partial charge in [0.05, 0.1) is 6.54 Å². The summed E-state index contributed by atoms with van der Waals surface area (Å²) in [6.45, 7) is 0.571. The van der Waals surface area contributed by atoms with Crippen molar-refractivity contribution < 1.29 is 26.3 Å². The number of hydrogen-bond donors (Lipinski definition) is 1. The van der Waals surface area contributed by atoms with E-state index in [4.69, 9.17) is 0 Å². The first-order valence-corrected chi connectivity index (χ1v) is 5.57. The molecule has 0 saturated carbocycles. The van der Waals surface area contributed by atoms with Crippen LogP contribution in [0.4, 0.5) is 26.3 Å². The molecule has 16 heavy (non-hydrogen) atoms. The summed E-state index contributed by atoms with van der Waals surface area (Å²) >= 11 is -0.149. The average molecular weight is 269 g/mol. The fourth-order valence-electron chi connectivity index (χ4n) is 0.938. The van der Waals surface area contributed by atoms with Gasteiger partial charge in [-0.05, 0) is 18.9 Å². The molecule has 0 bridgehead atoms. The van der Waals surface area contributed by atoms with Crippen molar-refractivity contribution in [2.75, 3.05) is 18.8 Å². The van der Waals surface area contributed by atoms with Gasteiger partial charge in [-0.1, -0.05) is 18.7 Å². The Hall–Kier alpha value is -0.110. The SMILES string of the molecule is CC(CCSC(F)(F)F)CNCC(F)(F)F. The summed E-state index contributed by atoms with van der Waals surface area (Å²) in [6.07, 6.45) is -4.05. The van der Waals surface area contributed by atoms with E-state index in [1.165, 1.54) is 0 Å². The van der Waals surface area contributed by atoms with E-state index >= 15 is 0 Å². The third-order valence-corrected chi connectivity index (χ3v) is 2.46. The highest BCUT2D eigenvalue weighted by Gasteiger charge is 2.28. The molecule has 0 spiro atoms. The number of rotatable bonds is 6. The molecule has 0 amide bonds. The highest BCUT2D eigenvalue weighted by molar-refractivity contribution is 8.00. The van der Waals surface area contributed by atoms with Crippen LogP contribution < -0.4 is 5.32 Å². The highest BCUT2D eigenvalue weighted by Crippen LogP contribution is 2.31. The summed E-state index contributed by atoms with van der Waals surface area (Å²) in [7, 11) is 0. The van der Waals surface area contributed by atoms with Crippen molar-refractivity contribution >= 4 is 11.8 Å². The van der Waals surface area contributed by atoms with Crippen LogP contribution in [0, 0.1) is 5.92 Å². The lowest BCUT2D eigenvalue weighted by atomic mass is 10.1. The third-order valence-electron chi connectivity index (χ3n) is 1.69. The molecule has 0 aromatic heterocycles. The highest BCUT2D eigenvalue weighted by atomic mass is 32.2. The average Bonchev–Trinajstić information content (AvgIpc) is 1.98. The van der Waals surface area contributed by atoms with Gasteiger partial charge in [0.25, 0.3) is 0 Å². The van der Waals surface area contributed by atoms with Crippen molar-refractivity contribution in [3.05, 3.63) is 0 Å². The van der Waals surface area contributed by atoms with Gasteiger partial charge in [-0.2, -0.15) is 26.3 Å². The molecule has 0 saturated heterocycles. The minimum atomic E-state index is -4.28. The molecule has 0 radical (unpaired) electrons. The van der Waals surface area contributed by atoms with E-state index in [-0.39, 0.29) is 36.4 Å². The van der Waals surface area contributed by atoms with E-state index < -0.39 is 18.2 Å². The standard InChI is InChI=1S/C8H13F6NS/c1-6(2-3-16-8(12,13)14)4-15-5-7(9,10)11/h6,15H,2-5H2,1H3. The first-order valence-electron chi connectivity index (χ1n) is 4.58. The Morgan fingerprint density at radius 2 is 1.69 bits per heavy atom. The normalized spacial score (nSPS) is 15.2. The first-order chi connectivity index (χ1) is 7.10. The summed E-state index contributed by atoms with van der Waals surface area (Å²) in [5, 5.41) is 2.16. The lowest BCUT2D eigenvalue weighted by Gasteiger charge is -2.14. The van der Waals surface area contributed by atoms with Gasteiger partial charge < -0.3 is 5.32 Å². The molecule has 1 atom stereocenters. The third kappa shape index (κ3) is 12.0. The van der Waals surface area contributed by atoms with E-state index in [0.29, 0.717) is 0 Å². The monoisotopic (exact) mass is 269 g/mol. The van der Waals surface area contributed by atoms with Gasteiger partial charge in [0.1, 0.15) is 0 Å². The van der Waals surface area contributed by atoms with Crippen molar-refractivity contribution in [2.45, 2.75) is 25.0 Å². The summed E-state index contributed by atoms with van der Waals surface area (Å²) < 4.78 is 70.2. The second kappa shape index (κ2) is 6.58. The molecule has 0 aliphatic heterocycles. The van der Waals surface area contributed by atoms with Gasteiger partial charge in [-0.15, -0.1) is 0 Å². The molecule has 0 aliphatic rings. The smallest absolute Gasteiger partial charge is 0.308 e. The molecule has 0 heterocycles. The molecule has 0 fully saturated rings. The fourth-order valence-corrected chi connectivity index (χ4v) is 1.69. The Balaban J connectivity index is 3.49. The zero-order valence-electron chi connectivity index (χ0n) is 8.58. The molecule has 0 aliphatic carbocycles. The molecule has 1 nitrogen and oxygen atoms in total. The topological polar surface area (TPSA) is 12.0 Å². The molecular formula is C8H13F6NS. The Labute approximate surface area is 94.0 Å². The zero-order chi connectivity index (χ0) is 12.8. The molecule has 1 N–H and O–H groups in total. The Kier molecular flexibility index (Phi) is 6.54. The van der Waals surface area contributed by atoms with Crippen LogP contribution in [0.15, 0.2) is 0 Å². The van der Waals surface area contributed by atoms with Gasteiger partial charge in [0.2, 0.25) is 0 Å². The maximum Gasteiger partial charge on any atom is 0.441 e. The number of hydrogen-bond acceptors (Lipinski definition) is 2. The number of thioether (sulfide) groups is 1. The first kappa shape index (κ1) is 15.9. The van der Waals surface area contributed by atoms with Crippen LogP contribution in [0.25, 0.3) is 0 Å². The molecule has 8 heteroatoms. The second-order valence-electron chi connectivity index (χ2n) is 3.43. The summed E-state index contributed by atoms with van der Waals surface area (Å²) in [5.74, 6) is -0.338. The predicted octanol–water partition coefficient (Wildman–Crippen LogP) is 3.42. The van der Waals surface area contributed by atoms with Crippen molar-refractivity contribution in [1.29, 1.82) is 0 Å². The Bertz CT molecular complexity index is 170. The number of nitrogens with one attached hydrogen (secondary N) is 1. The van der Waals surface area contributed by atoms with Crippen LogP contribution in [0.2, 0.25) is 0 Å². The number of alkyl halides is 6. The van der Waals surface area contributed by atoms with Gasteiger partial charge in [0.15, 0.2) is 0 Å². The zero-order valence-corrected chi connectivity index (χ0v) is 9.40. The maximum absolute atomic E-state index is 11.7. The molecule has 1 unspecified atom stereocenters. The molecule has 98 valence electrons. The fraction of sp³-hybridized carbons (Fsp3) is 1.00. The van der Waals surface area contributed by atoms with Crippen LogP contribution in [0.3, 0.4) is 0 Å². The van der Waals surface area contributed by atoms with Gasteiger partial charge in [0, 0.05) is 5.75 Å². The van der Waals surface area contributed by atoms with Gasteiger partial charge in [-0.25, -0.2) is 0 Å². The molecule has 0 rings (SSSR count). The molecule has 0 aromatic rings. The van der Waals surface area contributed by atoms with Crippen LogP contribution in [-0.4, -0.2) is 30.5 Å². The second-order valence-corrected chi connectivity index (χ2v) is 4.59. The van der Waals surface area contributed by atoms with Crippen LogP contribution in [-0.2, 0) is 0 Å². The summed E-state index contributed by atoms with van der Waals surface area (Å²) in [5.41, 5.74) is -4.26. The van der Waals surface area contributed by atoms with Gasteiger partial charge in [-0.3, -0.25) is 0 Å². The molecule has 0 aromatic carbocycles. The van der Waals surface area contributed by atoms with Crippen molar-refractivity contribution in [3.8, 4) is 0 Å². The van der Waals surface area contributed by atoms with Crippen molar-refractivity contribution in [2.24, 2.45) is 5.92 Å². The quantitative estimate of drug-likeness (QED) is 0.741. The minimum absolute atomic E-state index is 0.0674. The van der Waals surface area contributed by atoms with E-state index in [1.54, 1.807) is 6.92 Å².